The van der Waals surface area contributed by atoms with Crippen molar-refractivity contribution in [3.8, 4) is 0 Å². The van der Waals surface area contributed by atoms with Gasteiger partial charge in [-0.05, 0) is 25.0 Å². The van der Waals surface area contributed by atoms with Crippen LogP contribution >= 0.6 is 0 Å². The SMILES string of the molecule is O=C(O)c1cc(F)c(F)c(S(=O)(=O)CCCCCCO)c1. The van der Waals surface area contributed by atoms with Gasteiger partial charge in [0.15, 0.2) is 21.5 Å². The summed E-state index contributed by atoms with van der Waals surface area (Å²) in [7, 11) is -4.10. The Morgan fingerprint density at radius 1 is 1.10 bits per heavy atom. The molecule has 0 bridgehead atoms. The van der Waals surface area contributed by atoms with Gasteiger partial charge in [-0.1, -0.05) is 12.8 Å². The van der Waals surface area contributed by atoms with Crippen LogP contribution in [0.25, 0.3) is 0 Å². The first-order valence-electron chi connectivity index (χ1n) is 6.35. The van der Waals surface area contributed by atoms with Gasteiger partial charge in [0.1, 0.15) is 4.90 Å². The smallest absolute Gasteiger partial charge is 0.335 e. The second-order valence-corrected chi connectivity index (χ2v) is 6.61. The third kappa shape index (κ3) is 4.75. The fourth-order valence-corrected chi connectivity index (χ4v) is 3.26. The molecule has 2 N–H and O–H groups in total. The average molecular weight is 322 g/mol. The molecule has 0 saturated heterocycles. The molecular formula is C13H16F2O5S. The van der Waals surface area contributed by atoms with Crippen molar-refractivity contribution in [1.82, 2.24) is 0 Å². The van der Waals surface area contributed by atoms with E-state index in [0.29, 0.717) is 31.4 Å². The minimum atomic E-state index is -4.10. The highest BCUT2D eigenvalue weighted by molar-refractivity contribution is 7.91. The predicted octanol–water partition coefficient (Wildman–Crippen LogP) is 1.99. The van der Waals surface area contributed by atoms with Crippen molar-refractivity contribution in [3.05, 3.63) is 29.3 Å². The zero-order chi connectivity index (χ0) is 16.0. The quantitative estimate of drug-likeness (QED) is 0.714. The number of benzene rings is 1. The second-order valence-electron chi connectivity index (χ2n) is 4.53. The minimum Gasteiger partial charge on any atom is -0.478 e. The van der Waals surface area contributed by atoms with Crippen LogP contribution in [0.1, 0.15) is 36.0 Å². The average Bonchev–Trinajstić information content (AvgIpc) is 2.40. The van der Waals surface area contributed by atoms with Gasteiger partial charge in [0, 0.05) is 6.61 Å². The van der Waals surface area contributed by atoms with Crippen LogP contribution < -0.4 is 0 Å². The first-order valence-corrected chi connectivity index (χ1v) is 8.01. The van der Waals surface area contributed by atoms with Gasteiger partial charge in [-0.15, -0.1) is 0 Å². The van der Waals surface area contributed by atoms with Crippen molar-refractivity contribution in [2.75, 3.05) is 12.4 Å². The molecule has 0 amide bonds. The maximum Gasteiger partial charge on any atom is 0.335 e. The summed E-state index contributed by atoms with van der Waals surface area (Å²) in [5.74, 6) is -5.00. The van der Waals surface area contributed by atoms with E-state index >= 15 is 0 Å². The Morgan fingerprint density at radius 2 is 1.71 bits per heavy atom. The lowest BCUT2D eigenvalue weighted by Gasteiger charge is -2.07. The number of aromatic carboxylic acids is 1. The van der Waals surface area contributed by atoms with E-state index < -0.39 is 43.7 Å². The maximum atomic E-state index is 13.6. The molecule has 0 fully saturated rings. The van der Waals surface area contributed by atoms with Gasteiger partial charge in [0.2, 0.25) is 0 Å². The van der Waals surface area contributed by atoms with E-state index in [1.165, 1.54) is 0 Å². The number of unbranched alkanes of at least 4 members (excludes halogenated alkanes) is 3. The van der Waals surface area contributed by atoms with Gasteiger partial charge in [0.05, 0.1) is 11.3 Å². The number of aliphatic hydroxyl groups excluding tert-OH is 1. The van der Waals surface area contributed by atoms with E-state index in [4.69, 9.17) is 10.2 Å². The number of aliphatic hydroxyl groups is 1. The number of hydrogen-bond acceptors (Lipinski definition) is 4. The van der Waals surface area contributed by atoms with E-state index in [-0.39, 0.29) is 13.0 Å². The number of sulfone groups is 1. The molecule has 21 heavy (non-hydrogen) atoms. The zero-order valence-corrected chi connectivity index (χ0v) is 12.0. The molecule has 0 unspecified atom stereocenters. The van der Waals surface area contributed by atoms with E-state index in [1.807, 2.05) is 0 Å². The van der Waals surface area contributed by atoms with Crippen LogP contribution in [-0.4, -0.2) is 37.0 Å². The van der Waals surface area contributed by atoms with Crippen LogP contribution in [-0.2, 0) is 9.84 Å². The van der Waals surface area contributed by atoms with E-state index in [9.17, 15) is 22.0 Å². The van der Waals surface area contributed by atoms with Gasteiger partial charge < -0.3 is 10.2 Å². The first-order chi connectivity index (χ1) is 9.79. The predicted molar refractivity (Wildman–Crippen MR) is 70.9 cm³/mol. The zero-order valence-electron chi connectivity index (χ0n) is 11.2. The lowest BCUT2D eigenvalue weighted by atomic mass is 10.2. The molecule has 0 aliphatic carbocycles. The van der Waals surface area contributed by atoms with Crippen molar-refractivity contribution in [2.24, 2.45) is 0 Å². The van der Waals surface area contributed by atoms with Crippen molar-refractivity contribution >= 4 is 15.8 Å². The molecule has 0 heterocycles. The van der Waals surface area contributed by atoms with Crippen LogP contribution in [0.3, 0.4) is 0 Å². The third-order valence-electron chi connectivity index (χ3n) is 2.90. The normalized spacial score (nSPS) is 11.6. The molecule has 0 spiro atoms. The molecular weight excluding hydrogens is 306 g/mol. The molecule has 5 nitrogen and oxygen atoms in total. The second kappa shape index (κ2) is 7.46. The van der Waals surface area contributed by atoms with Crippen molar-refractivity contribution in [1.29, 1.82) is 0 Å². The molecule has 0 radical (unpaired) electrons. The van der Waals surface area contributed by atoms with Crippen molar-refractivity contribution in [2.45, 2.75) is 30.6 Å². The first kappa shape index (κ1) is 17.5. The van der Waals surface area contributed by atoms with E-state index in [2.05, 4.69) is 0 Å². The Labute approximate surface area is 121 Å². The third-order valence-corrected chi connectivity index (χ3v) is 4.69. The van der Waals surface area contributed by atoms with Gasteiger partial charge in [0.25, 0.3) is 0 Å². The molecule has 0 atom stereocenters. The summed E-state index contributed by atoms with van der Waals surface area (Å²) in [6, 6.07) is 1.07. The summed E-state index contributed by atoms with van der Waals surface area (Å²) in [5.41, 5.74) is -0.618. The summed E-state index contributed by atoms with van der Waals surface area (Å²) in [4.78, 5) is 9.84. The molecule has 0 aliphatic rings. The number of halogens is 2. The van der Waals surface area contributed by atoms with Gasteiger partial charge in [-0.3, -0.25) is 0 Å². The monoisotopic (exact) mass is 322 g/mol. The molecule has 0 aliphatic heterocycles. The highest BCUT2D eigenvalue weighted by atomic mass is 32.2. The van der Waals surface area contributed by atoms with E-state index in [1.54, 1.807) is 0 Å². The fraction of sp³-hybridized carbons (Fsp3) is 0.462. The molecule has 1 aromatic carbocycles. The molecule has 0 saturated carbocycles. The maximum absolute atomic E-state index is 13.6. The number of carboxylic acids is 1. The van der Waals surface area contributed by atoms with Crippen molar-refractivity contribution < 1.29 is 32.2 Å². The molecule has 8 heteroatoms. The number of carbonyl (C=O) groups is 1. The summed E-state index contributed by atoms with van der Waals surface area (Å²) in [6.07, 6.45) is 1.90. The largest absolute Gasteiger partial charge is 0.478 e. The Bertz CT molecular complexity index is 613. The van der Waals surface area contributed by atoms with Gasteiger partial charge >= 0.3 is 5.97 Å². The van der Waals surface area contributed by atoms with Crippen LogP contribution in [0, 0.1) is 11.6 Å². The van der Waals surface area contributed by atoms with Crippen molar-refractivity contribution in [3.63, 3.8) is 0 Å². The number of rotatable bonds is 8. The summed E-state index contributed by atoms with van der Waals surface area (Å²) >= 11 is 0. The Hall–Kier alpha value is -1.54. The summed E-state index contributed by atoms with van der Waals surface area (Å²) in [5, 5.41) is 17.3. The van der Waals surface area contributed by atoms with Gasteiger partial charge in [-0.25, -0.2) is 22.0 Å². The van der Waals surface area contributed by atoms with Gasteiger partial charge in [-0.2, -0.15) is 0 Å². The van der Waals surface area contributed by atoms with E-state index in [0.717, 1.165) is 0 Å². The van der Waals surface area contributed by atoms with Crippen LogP contribution in [0.5, 0.6) is 0 Å². The number of carboxylic acid groups (broad SMARTS) is 1. The Morgan fingerprint density at radius 3 is 2.29 bits per heavy atom. The highest BCUT2D eigenvalue weighted by Gasteiger charge is 2.24. The molecule has 0 aromatic heterocycles. The standard InChI is InChI=1S/C13H16F2O5S/c14-10-7-9(13(17)18)8-11(12(10)15)21(19,20)6-4-2-1-3-5-16/h7-8,16H,1-6H2,(H,17,18). The Balaban J connectivity index is 2.94. The topological polar surface area (TPSA) is 91.7 Å². The molecule has 1 rings (SSSR count). The van der Waals surface area contributed by atoms with Crippen LogP contribution in [0.15, 0.2) is 17.0 Å². The summed E-state index contributed by atoms with van der Waals surface area (Å²) < 4.78 is 50.8. The summed E-state index contributed by atoms with van der Waals surface area (Å²) in [6.45, 7) is 0.00719. The van der Waals surface area contributed by atoms with Crippen LogP contribution in [0.4, 0.5) is 8.78 Å². The fourth-order valence-electron chi connectivity index (χ4n) is 1.78. The lowest BCUT2D eigenvalue weighted by Crippen LogP contribution is -2.12. The minimum absolute atomic E-state index is 0.00719. The highest BCUT2D eigenvalue weighted by Crippen LogP contribution is 2.22. The molecule has 118 valence electrons. The number of hydrogen-bond donors (Lipinski definition) is 2. The lowest BCUT2D eigenvalue weighted by molar-refractivity contribution is 0.0696. The van der Waals surface area contributed by atoms with Crippen LogP contribution in [0.2, 0.25) is 0 Å². The molecule has 1 aromatic rings. The Kier molecular flexibility index (Phi) is 6.22.